The fourth-order valence-electron chi connectivity index (χ4n) is 1.32. The average molecular weight is 231 g/mol. The summed E-state index contributed by atoms with van der Waals surface area (Å²) >= 11 is 0. The molecule has 0 N–H and O–H groups in total. The Morgan fingerprint density at radius 1 is 1.47 bits per heavy atom. The molecule has 0 fully saturated rings. The maximum Gasteiger partial charge on any atom is 0.156 e. The molecule has 0 saturated heterocycles. The van der Waals surface area contributed by atoms with Gasteiger partial charge in [-0.3, -0.25) is 0 Å². The first-order valence-electron chi connectivity index (χ1n) is 5.09. The number of sulfone groups is 1. The summed E-state index contributed by atoms with van der Waals surface area (Å²) in [5.41, 5.74) is 0.486. The molecule has 0 aliphatic carbocycles. The smallest absolute Gasteiger partial charge is 0.156 e. The Labute approximate surface area is 90.6 Å². The minimum absolute atomic E-state index is 0.0123. The van der Waals surface area contributed by atoms with E-state index in [0.29, 0.717) is 11.6 Å². The van der Waals surface area contributed by atoms with E-state index >= 15 is 0 Å². The Hall–Kier alpha value is -0.840. The number of rotatable bonds is 6. The molecule has 0 aromatic carbocycles. The second-order valence-electron chi connectivity index (χ2n) is 4.12. The molecule has 0 saturated carbocycles. The van der Waals surface area contributed by atoms with Gasteiger partial charge in [-0.25, -0.2) is 8.42 Å². The van der Waals surface area contributed by atoms with Crippen molar-refractivity contribution in [1.29, 1.82) is 0 Å². The summed E-state index contributed by atoms with van der Waals surface area (Å²) in [6, 6.07) is 1.58. The summed E-state index contributed by atoms with van der Waals surface area (Å²) in [6.07, 6.45) is 3.05. The first-order valence-corrected chi connectivity index (χ1v) is 6.91. The molecule has 1 aromatic rings. The third-order valence-electron chi connectivity index (χ3n) is 2.10. The molecule has 0 radical (unpaired) electrons. The molecule has 0 unspecified atom stereocenters. The van der Waals surface area contributed by atoms with Crippen LogP contribution in [0.5, 0.6) is 0 Å². The molecule has 0 amide bonds. The van der Waals surface area contributed by atoms with Crippen LogP contribution in [0, 0.1) is 5.92 Å². The molecular weight excluding hydrogens is 214 g/mol. The lowest BCUT2D eigenvalue weighted by Crippen LogP contribution is -2.10. The van der Waals surface area contributed by atoms with Gasteiger partial charge in [0, 0.05) is 6.07 Å². The van der Waals surface area contributed by atoms with Gasteiger partial charge in [0.15, 0.2) is 9.84 Å². The molecule has 0 bridgehead atoms. The number of hydrogen-bond acceptors (Lipinski definition) is 4. The summed E-state index contributed by atoms with van der Waals surface area (Å²) < 4.78 is 27.8. The highest BCUT2D eigenvalue weighted by Gasteiger charge is 2.13. The van der Waals surface area contributed by atoms with E-state index in [1.807, 2.05) is 0 Å². The molecule has 0 aliphatic heterocycles. The SMILES string of the molecule is CC(C)CCCS(=O)(=O)Cc1ccon1. The van der Waals surface area contributed by atoms with Crippen LogP contribution >= 0.6 is 0 Å². The molecule has 5 heteroatoms. The van der Waals surface area contributed by atoms with Crippen molar-refractivity contribution in [3.05, 3.63) is 18.0 Å². The minimum atomic E-state index is -3.02. The first-order chi connectivity index (χ1) is 6.99. The van der Waals surface area contributed by atoms with Crippen LogP contribution in [0.2, 0.25) is 0 Å². The lowest BCUT2D eigenvalue weighted by atomic mass is 10.1. The van der Waals surface area contributed by atoms with Gasteiger partial charge in [-0.15, -0.1) is 0 Å². The number of nitrogens with zero attached hydrogens (tertiary/aromatic N) is 1. The van der Waals surface area contributed by atoms with Crippen LogP contribution in [0.25, 0.3) is 0 Å². The zero-order chi connectivity index (χ0) is 11.3. The van der Waals surface area contributed by atoms with Crippen molar-refractivity contribution in [3.8, 4) is 0 Å². The fourth-order valence-corrected chi connectivity index (χ4v) is 2.67. The molecule has 15 heavy (non-hydrogen) atoms. The summed E-state index contributed by atoms with van der Waals surface area (Å²) in [5.74, 6) is 0.770. The van der Waals surface area contributed by atoms with Crippen molar-refractivity contribution in [2.45, 2.75) is 32.4 Å². The van der Waals surface area contributed by atoms with E-state index in [0.717, 1.165) is 12.8 Å². The standard InChI is InChI=1S/C10H17NO3S/c1-9(2)4-3-7-15(12,13)8-10-5-6-14-11-10/h5-6,9H,3-4,7-8H2,1-2H3. The zero-order valence-electron chi connectivity index (χ0n) is 9.14. The molecule has 0 atom stereocenters. The van der Waals surface area contributed by atoms with Crippen LogP contribution in [0.15, 0.2) is 16.9 Å². The van der Waals surface area contributed by atoms with Crippen molar-refractivity contribution >= 4 is 9.84 Å². The van der Waals surface area contributed by atoms with E-state index in [1.54, 1.807) is 6.07 Å². The van der Waals surface area contributed by atoms with Crippen molar-refractivity contribution in [3.63, 3.8) is 0 Å². The van der Waals surface area contributed by atoms with Crippen molar-refractivity contribution < 1.29 is 12.9 Å². The fraction of sp³-hybridized carbons (Fsp3) is 0.700. The van der Waals surface area contributed by atoms with Crippen LogP contribution in [-0.4, -0.2) is 19.3 Å². The van der Waals surface area contributed by atoms with Crippen molar-refractivity contribution in [2.24, 2.45) is 5.92 Å². The second kappa shape index (κ2) is 5.30. The highest BCUT2D eigenvalue weighted by Crippen LogP contribution is 2.09. The highest BCUT2D eigenvalue weighted by molar-refractivity contribution is 7.90. The Morgan fingerprint density at radius 3 is 2.73 bits per heavy atom. The molecule has 0 aliphatic rings. The van der Waals surface area contributed by atoms with E-state index in [9.17, 15) is 8.42 Å². The van der Waals surface area contributed by atoms with Crippen LogP contribution in [-0.2, 0) is 15.6 Å². The Kier molecular flexibility index (Phi) is 4.32. The quantitative estimate of drug-likeness (QED) is 0.751. The maximum absolute atomic E-state index is 11.6. The topological polar surface area (TPSA) is 60.2 Å². The molecule has 0 spiro atoms. The summed E-state index contributed by atoms with van der Waals surface area (Å²) in [4.78, 5) is 0. The number of hydrogen-bond donors (Lipinski definition) is 0. The van der Waals surface area contributed by atoms with Crippen LogP contribution < -0.4 is 0 Å². The van der Waals surface area contributed by atoms with Gasteiger partial charge in [-0.1, -0.05) is 25.4 Å². The second-order valence-corrected chi connectivity index (χ2v) is 6.30. The largest absolute Gasteiger partial charge is 0.364 e. The molecule has 4 nitrogen and oxygen atoms in total. The minimum Gasteiger partial charge on any atom is -0.364 e. The zero-order valence-corrected chi connectivity index (χ0v) is 9.96. The number of aromatic nitrogens is 1. The van der Waals surface area contributed by atoms with E-state index in [-0.39, 0.29) is 11.5 Å². The summed E-state index contributed by atoms with van der Waals surface area (Å²) in [5, 5.41) is 3.59. The molecular formula is C10H17NO3S. The molecule has 86 valence electrons. The Bertz CT molecular complexity index is 367. The van der Waals surface area contributed by atoms with Gasteiger partial charge in [0.25, 0.3) is 0 Å². The molecule has 1 rings (SSSR count). The van der Waals surface area contributed by atoms with Crippen LogP contribution in [0.3, 0.4) is 0 Å². The summed E-state index contributed by atoms with van der Waals surface area (Å²) in [6.45, 7) is 4.18. The predicted molar refractivity (Wildman–Crippen MR) is 58.1 cm³/mol. The average Bonchev–Trinajstić information content (AvgIpc) is 2.54. The van der Waals surface area contributed by atoms with Crippen LogP contribution in [0.1, 0.15) is 32.4 Å². The Balaban J connectivity index is 2.39. The van der Waals surface area contributed by atoms with Crippen LogP contribution in [0.4, 0.5) is 0 Å². The monoisotopic (exact) mass is 231 g/mol. The lowest BCUT2D eigenvalue weighted by molar-refractivity contribution is 0.413. The van der Waals surface area contributed by atoms with Gasteiger partial charge < -0.3 is 4.52 Å². The molecule has 1 heterocycles. The normalized spacial score (nSPS) is 12.2. The predicted octanol–water partition coefficient (Wildman–Crippen LogP) is 2.03. The molecule has 1 aromatic heterocycles. The highest BCUT2D eigenvalue weighted by atomic mass is 32.2. The summed E-state index contributed by atoms with van der Waals surface area (Å²) in [7, 11) is -3.02. The van der Waals surface area contributed by atoms with E-state index in [1.165, 1.54) is 6.26 Å². The Morgan fingerprint density at radius 2 is 2.20 bits per heavy atom. The van der Waals surface area contributed by atoms with Gasteiger partial charge in [0.05, 0.1) is 17.2 Å². The van der Waals surface area contributed by atoms with Crippen molar-refractivity contribution in [1.82, 2.24) is 5.16 Å². The van der Waals surface area contributed by atoms with Gasteiger partial charge in [0.2, 0.25) is 0 Å². The third kappa shape index (κ3) is 4.97. The first kappa shape index (κ1) is 12.2. The maximum atomic E-state index is 11.6. The van der Waals surface area contributed by atoms with E-state index in [4.69, 9.17) is 0 Å². The van der Waals surface area contributed by atoms with Gasteiger partial charge in [0.1, 0.15) is 6.26 Å². The third-order valence-corrected chi connectivity index (χ3v) is 3.74. The van der Waals surface area contributed by atoms with Gasteiger partial charge in [-0.05, 0) is 12.3 Å². The van der Waals surface area contributed by atoms with E-state index < -0.39 is 9.84 Å². The van der Waals surface area contributed by atoms with Crippen molar-refractivity contribution in [2.75, 3.05) is 5.75 Å². The lowest BCUT2D eigenvalue weighted by Gasteiger charge is -2.04. The van der Waals surface area contributed by atoms with Gasteiger partial charge >= 0.3 is 0 Å². The van der Waals surface area contributed by atoms with Gasteiger partial charge in [-0.2, -0.15) is 0 Å². The van der Waals surface area contributed by atoms with E-state index in [2.05, 4.69) is 23.5 Å².